The fourth-order valence-electron chi connectivity index (χ4n) is 2.01. The summed E-state index contributed by atoms with van der Waals surface area (Å²) in [4.78, 5) is 11.4. The molecular formula is C17H20FN5O2S. The number of hydrogen-bond acceptors (Lipinski definition) is 6. The van der Waals surface area contributed by atoms with Crippen LogP contribution in [0.15, 0.2) is 58.5 Å². The Balaban J connectivity index is 1.99. The normalized spacial score (nSPS) is 12.7. The van der Waals surface area contributed by atoms with E-state index in [9.17, 15) is 13.7 Å². The van der Waals surface area contributed by atoms with Gasteiger partial charge in [-0.3, -0.25) is 4.79 Å². The number of carbonyl (C=O) groups excluding carboxylic acids is 1. The van der Waals surface area contributed by atoms with Crippen molar-refractivity contribution in [3.8, 4) is 0 Å². The second kappa shape index (κ2) is 9.30. The number of hydrazine groups is 1. The largest absolute Gasteiger partial charge is 0.593 e. The minimum Gasteiger partial charge on any atom is -0.593 e. The van der Waals surface area contributed by atoms with Crippen LogP contribution < -0.4 is 16.3 Å². The van der Waals surface area contributed by atoms with Crippen LogP contribution in [0.5, 0.6) is 0 Å². The van der Waals surface area contributed by atoms with E-state index in [0.29, 0.717) is 10.5 Å². The van der Waals surface area contributed by atoms with Crippen molar-refractivity contribution < 1.29 is 13.7 Å². The number of benzene rings is 2. The molecule has 2 aromatic carbocycles. The van der Waals surface area contributed by atoms with Gasteiger partial charge in [0.05, 0.1) is 17.9 Å². The monoisotopic (exact) mass is 377 g/mol. The van der Waals surface area contributed by atoms with E-state index in [-0.39, 0.29) is 30.5 Å². The molecule has 9 heteroatoms. The lowest BCUT2D eigenvalue weighted by atomic mass is 10.2. The molecule has 0 fully saturated rings. The molecule has 0 amide bonds. The molecule has 2 aromatic rings. The number of rotatable bonds is 8. The van der Waals surface area contributed by atoms with Crippen LogP contribution in [0.4, 0.5) is 4.39 Å². The van der Waals surface area contributed by atoms with E-state index in [0.717, 1.165) is 10.7 Å². The first-order valence-corrected chi connectivity index (χ1v) is 8.86. The van der Waals surface area contributed by atoms with Crippen LogP contribution in [0.3, 0.4) is 0 Å². The van der Waals surface area contributed by atoms with Gasteiger partial charge in [-0.1, -0.05) is 12.1 Å². The van der Waals surface area contributed by atoms with Crippen molar-refractivity contribution in [1.29, 1.82) is 0 Å². The Morgan fingerprint density at radius 2 is 1.85 bits per heavy atom. The summed E-state index contributed by atoms with van der Waals surface area (Å²) < 4.78 is 27.5. The van der Waals surface area contributed by atoms with Crippen LogP contribution in [0, 0.1) is 5.82 Å². The van der Waals surface area contributed by atoms with Gasteiger partial charge >= 0.3 is 0 Å². The quantitative estimate of drug-likeness (QED) is 0.208. The number of amidine groups is 1. The highest BCUT2D eigenvalue weighted by Gasteiger charge is 2.12. The van der Waals surface area contributed by atoms with Gasteiger partial charge in [0.15, 0.2) is 10.7 Å². The zero-order valence-electron chi connectivity index (χ0n) is 14.2. The Morgan fingerprint density at radius 3 is 2.42 bits per heavy atom. The predicted octanol–water partition coefficient (Wildman–Crippen LogP) is 1.02. The lowest BCUT2D eigenvalue weighted by molar-refractivity contribution is -0.115. The minimum absolute atomic E-state index is 0.0312. The Bertz CT molecular complexity index is 768. The van der Waals surface area contributed by atoms with E-state index in [1.807, 2.05) is 0 Å². The average molecular weight is 377 g/mol. The number of hydrogen-bond donors (Lipinski definition) is 3. The SMILES string of the molecule is CC(=O)CN[S+]([O-])c1ccc(/C(N)=N/N(N)Cc2ccc(F)cc2)cc1. The van der Waals surface area contributed by atoms with E-state index in [1.54, 1.807) is 36.4 Å². The maximum Gasteiger partial charge on any atom is 0.173 e. The highest BCUT2D eigenvalue weighted by Crippen LogP contribution is 2.11. The van der Waals surface area contributed by atoms with Gasteiger partial charge in [-0.05, 0) is 48.9 Å². The van der Waals surface area contributed by atoms with Gasteiger partial charge in [0.2, 0.25) is 0 Å². The van der Waals surface area contributed by atoms with Gasteiger partial charge in [0.25, 0.3) is 0 Å². The summed E-state index contributed by atoms with van der Waals surface area (Å²) in [5.74, 6) is 5.57. The van der Waals surface area contributed by atoms with Crippen molar-refractivity contribution in [2.45, 2.75) is 18.4 Å². The van der Waals surface area contributed by atoms with Gasteiger partial charge in [-0.25, -0.2) is 15.4 Å². The Morgan fingerprint density at radius 1 is 1.23 bits per heavy atom. The van der Waals surface area contributed by atoms with Crippen LogP contribution >= 0.6 is 0 Å². The zero-order chi connectivity index (χ0) is 19.1. The Labute approximate surface area is 154 Å². The molecule has 0 heterocycles. The first-order chi connectivity index (χ1) is 12.3. The fourth-order valence-corrected chi connectivity index (χ4v) is 2.89. The van der Waals surface area contributed by atoms with E-state index in [4.69, 9.17) is 11.6 Å². The summed E-state index contributed by atoms with van der Waals surface area (Å²) in [5.41, 5.74) is 7.32. The average Bonchev–Trinajstić information content (AvgIpc) is 2.61. The van der Waals surface area contributed by atoms with Gasteiger partial charge in [-0.2, -0.15) is 0 Å². The first-order valence-electron chi connectivity index (χ1n) is 7.71. The highest BCUT2D eigenvalue weighted by atomic mass is 32.2. The number of nitrogens with two attached hydrogens (primary N) is 2. The standard InChI is InChI=1S/C17H20FN5O2S/c1-12(24)10-21-26(25)16-8-4-14(5-9-16)17(19)22-23(20)11-13-2-6-15(18)7-3-13/h2-9,21H,10-11,20H2,1H3,(H2,19,22). The van der Waals surface area contributed by atoms with Crippen LogP contribution in [0.1, 0.15) is 18.1 Å². The Hall–Kier alpha value is -2.46. The summed E-state index contributed by atoms with van der Waals surface area (Å²) in [7, 11) is 0. The minimum atomic E-state index is -1.48. The third-order valence-electron chi connectivity index (χ3n) is 3.31. The third-order valence-corrected chi connectivity index (χ3v) is 4.42. The number of hydrazone groups is 1. The summed E-state index contributed by atoms with van der Waals surface area (Å²) in [6.07, 6.45) is 0. The van der Waals surface area contributed by atoms with Crippen molar-refractivity contribution >= 4 is 23.0 Å². The molecule has 0 radical (unpaired) electrons. The van der Waals surface area contributed by atoms with Crippen molar-refractivity contribution in [1.82, 2.24) is 9.84 Å². The molecule has 138 valence electrons. The lowest BCUT2D eigenvalue weighted by Crippen LogP contribution is -2.29. The number of Topliss-reactive ketones (excluding diaryl/α,β-unsaturated/α-hetero) is 1. The van der Waals surface area contributed by atoms with Gasteiger partial charge in [-0.15, -0.1) is 9.82 Å². The van der Waals surface area contributed by atoms with Gasteiger partial charge in [0.1, 0.15) is 18.1 Å². The van der Waals surface area contributed by atoms with E-state index in [2.05, 4.69) is 9.82 Å². The molecule has 0 bridgehead atoms. The van der Waals surface area contributed by atoms with Crippen molar-refractivity contribution in [2.75, 3.05) is 6.54 Å². The second-order valence-electron chi connectivity index (χ2n) is 5.53. The van der Waals surface area contributed by atoms with E-state index < -0.39 is 11.4 Å². The van der Waals surface area contributed by atoms with Crippen LogP contribution in [0.2, 0.25) is 0 Å². The molecule has 2 rings (SSSR count). The number of ketones is 1. The molecule has 0 aliphatic carbocycles. The summed E-state index contributed by atoms with van der Waals surface area (Å²) in [5, 5.41) is 5.23. The number of nitrogens with one attached hydrogen (secondary N) is 1. The van der Waals surface area contributed by atoms with Gasteiger partial charge in [0, 0.05) is 5.56 Å². The molecule has 0 aromatic heterocycles. The number of halogens is 1. The molecule has 0 aliphatic rings. The maximum absolute atomic E-state index is 12.9. The molecule has 0 aliphatic heterocycles. The first kappa shape index (κ1) is 19.9. The molecule has 1 unspecified atom stereocenters. The smallest absolute Gasteiger partial charge is 0.173 e. The Kier molecular flexibility index (Phi) is 7.10. The van der Waals surface area contributed by atoms with Crippen molar-refractivity contribution in [2.24, 2.45) is 16.7 Å². The van der Waals surface area contributed by atoms with Crippen molar-refractivity contribution in [3.05, 3.63) is 65.5 Å². The fraction of sp³-hybridized carbons (Fsp3) is 0.176. The maximum atomic E-state index is 12.9. The van der Waals surface area contributed by atoms with E-state index >= 15 is 0 Å². The zero-order valence-corrected chi connectivity index (χ0v) is 15.0. The topological polar surface area (TPSA) is 120 Å². The third kappa shape index (κ3) is 6.12. The molecule has 7 nitrogen and oxygen atoms in total. The molecule has 0 saturated heterocycles. The van der Waals surface area contributed by atoms with Crippen LogP contribution in [-0.4, -0.2) is 27.8 Å². The second-order valence-corrected chi connectivity index (χ2v) is 6.82. The summed E-state index contributed by atoms with van der Waals surface area (Å²) in [6, 6.07) is 12.5. The molecule has 0 spiro atoms. The molecule has 26 heavy (non-hydrogen) atoms. The summed E-state index contributed by atoms with van der Waals surface area (Å²) in [6.45, 7) is 1.70. The lowest BCUT2D eigenvalue weighted by Gasteiger charge is -2.14. The number of carbonyl (C=O) groups is 1. The molecular weight excluding hydrogens is 357 g/mol. The molecule has 5 N–H and O–H groups in total. The van der Waals surface area contributed by atoms with Crippen molar-refractivity contribution in [3.63, 3.8) is 0 Å². The number of nitrogens with zero attached hydrogens (tertiary/aromatic N) is 2. The van der Waals surface area contributed by atoms with Crippen LogP contribution in [0.25, 0.3) is 0 Å². The van der Waals surface area contributed by atoms with Crippen LogP contribution in [-0.2, 0) is 22.7 Å². The summed E-state index contributed by atoms with van der Waals surface area (Å²) >= 11 is -1.48. The molecule has 1 atom stereocenters. The predicted molar refractivity (Wildman–Crippen MR) is 98.4 cm³/mol. The highest BCUT2D eigenvalue weighted by molar-refractivity contribution is 7.89. The van der Waals surface area contributed by atoms with Gasteiger partial charge < -0.3 is 10.3 Å². The molecule has 0 saturated carbocycles. The van der Waals surface area contributed by atoms with E-state index in [1.165, 1.54) is 19.1 Å².